The first kappa shape index (κ1) is 10.1. The van der Waals surface area contributed by atoms with Crippen LogP contribution in [0.5, 0.6) is 0 Å². The number of hydrogen-bond acceptors (Lipinski definition) is 1. The fraction of sp³-hybridized carbons (Fsp3) is 0.857. The molecule has 0 fully saturated rings. The summed E-state index contributed by atoms with van der Waals surface area (Å²) >= 11 is 3.60. The smallest absolute Gasteiger partial charge is 0.247 e. The first-order valence-corrected chi connectivity index (χ1v) is 5.87. The molecule has 0 radical (unpaired) electrons. The largest absolute Gasteiger partial charge is 0.289 e. The van der Waals surface area contributed by atoms with Crippen LogP contribution in [-0.4, -0.2) is 13.9 Å². The van der Waals surface area contributed by atoms with Crippen molar-refractivity contribution in [2.75, 3.05) is 6.54 Å². The second-order valence-corrected chi connectivity index (χ2v) is 7.67. The third kappa shape index (κ3) is 3.52. The van der Waals surface area contributed by atoms with Gasteiger partial charge in [0, 0.05) is 6.54 Å². The van der Waals surface area contributed by atoms with Crippen molar-refractivity contribution < 1.29 is 4.39 Å². The SMILES string of the molecule is FC(I)(I)C1=NCCCCC1. The van der Waals surface area contributed by atoms with Crippen molar-refractivity contribution in [1.82, 2.24) is 0 Å². The molecule has 1 heterocycles. The quantitative estimate of drug-likeness (QED) is 0.487. The molecule has 1 nitrogen and oxygen atoms in total. The highest BCUT2D eigenvalue weighted by molar-refractivity contribution is 14.2. The minimum atomic E-state index is -1.25. The molecule has 0 aromatic heterocycles. The van der Waals surface area contributed by atoms with Gasteiger partial charge >= 0.3 is 0 Å². The van der Waals surface area contributed by atoms with Gasteiger partial charge in [0.2, 0.25) is 1.68 Å². The molecular weight excluding hydrogens is 371 g/mol. The van der Waals surface area contributed by atoms with Gasteiger partial charge in [-0.1, -0.05) is 6.42 Å². The Hall–Kier alpha value is 1.06. The van der Waals surface area contributed by atoms with Gasteiger partial charge in [-0.15, -0.1) is 0 Å². The Kier molecular flexibility index (Phi) is 4.00. The molecule has 0 bridgehead atoms. The minimum Gasteiger partial charge on any atom is -0.289 e. The van der Waals surface area contributed by atoms with Crippen LogP contribution in [0.3, 0.4) is 0 Å². The van der Waals surface area contributed by atoms with Gasteiger partial charge in [-0.25, -0.2) is 4.39 Å². The maximum atomic E-state index is 13.3. The summed E-state index contributed by atoms with van der Waals surface area (Å²) in [7, 11) is 0. The summed E-state index contributed by atoms with van der Waals surface area (Å²) in [4.78, 5) is 4.22. The van der Waals surface area contributed by atoms with E-state index in [4.69, 9.17) is 0 Å². The van der Waals surface area contributed by atoms with Gasteiger partial charge in [-0.2, -0.15) is 0 Å². The number of aliphatic imine (C=N–C) groups is 1. The summed E-state index contributed by atoms with van der Waals surface area (Å²) < 4.78 is 12.0. The topological polar surface area (TPSA) is 12.4 Å². The Morgan fingerprint density at radius 3 is 2.64 bits per heavy atom. The van der Waals surface area contributed by atoms with Crippen molar-refractivity contribution in [3.05, 3.63) is 0 Å². The van der Waals surface area contributed by atoms with Gasteiger partial charge < -0.3 is 0 Å². The summed E-state index contributed by atoms with van der Waals surface area (Å²) in [5.74, 6) is 0. The van der Waals surface area contributed by atoms with E-state index in [-0.39, 0.29) is 0 Å². The van der Waals surface area contributed by atoms with Crippen molar-refractivity contribution in [2.45, 2.75) is 27.4 Å². The summed E-state index contributed by atoms with van der Waals surface area (Å²) in [6.45, 7) is 0.813. The number of rotatable bonds is 1. The van der Waals surface area contributed by atoms with E-state index in [1.807, 2.05) is 0 Å². The predicted octanol–water partition coefficient (Wildman–Crippen LogP) is 3.49. The van der Waals surface area contributed by atoms with Gasteiger partial charge in [-0.05, 0) is 64.4 Å². The van der Waals surface area contributed by atoms with E-state index in [0.29, 0.717) is 0 Å². The van der Waals surface area contributed by atoms with Gasteiger partial charge in [0.05, 0.1) is 5.71 Å². The van der Waals surface area contributed by atoms with E-state index >= 15 is 0 Å². The summed E-state index contributed by atoms with van der Waals surface area (Å²) in [6.07, 6.45) is 4.24. The maximum absolute atomic E-state index is 13.3. The molecule has 1 aliphatic heterocycles. The standard InChI is InChI=1S/C7H10FI2N/c8-7(9,10)6-4-2-1-3-5-11-6/h1-5H2. The molecular formula is C7H10FI2N. The number of alkyl halides is 3. The maximum Gasteiger partial charge on any atom is 0.247 e. The van der Waals surface area contributed by atoms with Crippen LogP contribution in [-0.2, 0) is 0 Å². The molecule has 0 saturated carbocycles. The molecule has 4 heteroatoms. The molecule has 11 heavy (non-hydrogen) atoms. The van der Waals surface area contributed by atoms with Crippen molar-refractivity contribution in [3.63, 3.8) is 0 Å². The van der Waals surface area contributed by atoms with Gasteiger partial charge in [0.15, 0.2) is 0 Å². The molecule has 0 atom stereocenters. The summed E-state index contributed by atoms with van der Waals surface area (Å²) in [5, 5.41) is 0. The van der Waals surface area contributed by atoms with Crippen LogP contribution in [0.4, 0.5) is 4.39 Å². The number of nitrogens with zero attached hydrogens (tertiary/aromatic N) is 1. The Balaban J connectivity index is 2.61. The molecule has 0 saturated heterocycles. The highest BCUT2D eigenvalue weighted by Crippen LogP contribution is 2.33. The van der Waals surface area contributed by atoms with E-state index in [9.17, 15) is 4.39 Å². The average Bonchev–Trinajstić information content (AvgIpc) is 2.10. The third-order valence-electron chi connectivity index (χ3n) is 1.70. The van der Waals surface area contributed by atoms with Crippen molar-refractivity contribution >= 4 is 50.9 Å². The van der Waals surface area contributed by atoms with E-state index < -0.39 is 1.68 Å². The van der Waals surface area contributed by atoms with Crippen LogP contribution in [0.2, 0.25) is 0 Å². The van der Waals surface area contributed by atoms with Crippen LogP contribution in [0.1, 0.15) is 25.7 Å². The number of halogens is 3. The van der Waals surface area contributed by atoms with Crippen LogP contribution < -0.4 is 0 Å². The van der Waals surface area contributed by atoms with E-state index in [0.717, 1.165) is 31.5 Å². The number of hydrogen-bond donors (Lipinski definition) is 0. The lowest BCUT2D eigenvalue weighted by Gasteiger charge is -2.11. The monoisotopic (exact) mass is 381 g/mol. The first-order valence-electron chi connectivity index (χ1n) is 3.71. The highest BCUT2D eigenvalue weighted by atomic mass is 127. The van der Waals surface area contributed by atoms with E-state index in [2.05, 4.69) is 4.99 Å². The zero-order chi connectivity index (χ0) is 8.32. The third-order valence-corrected chi connectivity index (χ3v) is 2.95. The molecule has 1 rings (SSSR count). The molecule has 0 unspecified atom stereocenters. The second kappa shape index (κ2) is 4.34. The summed E-state index contributed by atoms with van der Waals surface area (Å²) in [5.41, 5.74) is 0.733. The van der Waals surface area contributed by atoms with Crippen molar-refractivity contribution in [2.24, 2.45) is 4.99 Å². The molecule has 0 amide bonds. The normalized spacial score (nSPS) is 20.8. The molecule has 0 aliphatic carbocycles. The minimum absolute atomic E-state index is 0.733. The lowest BCUT2D eigenvalue weighted by molar-refractivity contribution is 0.536. The lowest BCUT2D eigenvalue weighted by atomic mass is 10.2. The zero-order valence-corrected chi connectivity index (χ0v) is 10.4. The zero-order valence-electron chi connectivity index (χ0n) is 6.12. The Bertz CT molecular complexity index is 162. The van der Waals surface area contributed by atoms with Crippen LogP contribution in [0, 0.1) is 0 Å². The van der Waals surface area contributed by atoms with Crippen LogP contribution in [0.25, 0.3) is 0 Å². The Labute approximate surface area is 93.5 Å². The molecule has 1 aliphatic rings. The Morgan fingerprint density at radius 1 is 1.27 bits per heavy atom. The van der Waals surface area contributed by atoms with E-state index in [1.54, 1.807) is 45.2 Å². The molecule has 0 N–H and O–H groups in total. The van der Waals surface area contributed by atoms with E-state index in [1.165, 1.54) is 6.42 Å². The van der Waals surface area contributed by atoms with Gasteiger partial charge in [0.25, 0.3) is 0 Å². The molecule has 64 valence electrons. The Morgan fingerprint density at radius 2 is 2.00 bits per heavy atom. The highest BCUT2D eigenvalue weighted by Gasteiger charge is 2.28. The average molecular weight is 381 g/mol. The van der Waals surface area contributed by atoms with Crippen molar-refractivity contribution in [1.29, 1.82) is 0 Å². The summed E-state index contributed by atoms with van der Waals surface area (Å²) in [6, 6.07) is 0. The fourth-order valence-corrected chi connectivity index (χ4v) is 1.99. The molecule has 0 aromatic carbocycles. The second-order valence-electron chi connectivity index (χ2n) is 2.64. The molecule has 0 aromatic rings. The first-order chi connectivity index (χ1) is 5.11. The van der Waals surface area contributed by atoms with Gasteiger partial charge in [0.1, 0.15) is 0 Å². The van der Waals surface area contributed by atoms with Crippen LogP contribution >= 0.6 is 45.2 Å². The molecule has 0 spiro atoms. The fourth-order valence-electron chi connectivity index (χ4n) is 1.11. The predicted molar refractivity (Wildman–Crippen MR) is 62.6 cm³/mol. The lowest BCUT2D eigenvalue weighted by Crippen LogP contribution is -2.18. The van der Waals surface area contributed by atoms with Crippen molar-refractivity contribution in [3.8, 4) is 0 Å². The van der Waals surface area contributed by atoms with Crippen LogP contribution in [0.15, 0.2) is 4.99 Å². The van der Waals surface area contributed by atoms with Gasteiger partial charge in [-0.3, -0.25) is 4.99 Å².